The topological polar surface area (TPSA) is 81.0 Å². The Bertz CT molecular complexity index is 1370. The summed E-state index contributed by atoms with van der Waals surface area (Å²) in [6.07, 6.45) is 19.8. The van der Waals surface area contributed by atoms with Crippen LogP contribution in [0.15, 0.2) is 47.7 Å². The third-order valence-electron chi connectivity index (χ3n) is 8.69. The Balaban J connectivity index is 1.12. The summed E-state index contributed by atoms with van der Waals surface area (Å²) in [5.74, 6) is 2.08. The molecule has 3 aromatic rings. The van der Waals surface area contributed by atoms with Crippen LogP contribution in [0.5, 0.6) is 0 Å². The number of Topliss-reactive ketones (excluding diaryl/α,β-unsaturated/α-hetero) is 1. The molecule has 6 nitrogen and oxygen atoms in total. The summed E-state index contributed by atoms with van der Waals surface area (Å²) in [5.41, 5.74) is 5.18. The van der Waals surface area contributed by atoms with Crippen molar-refractivity contribution in [1.29, 1.82) is 0 Å². The molecule has 0 atom stereocenters. The molecule has 0 amide bonds. The average Bonchev–Trinajstić information content (AvgIpc) is 3.34. The molecular formula is C31H35N5O. The first-order valence-corrected chi connectivity index (χ1v) is 13.9. The Morgan fingerprint density at radius 2 is 2.03 bits per heavy atom. The number of carbonyl (C=O) groups excluding carboxylic acids is 1. The number of aryl methyl sites for hydroxylation is 1. The maximum atomic E-state index is 12.9. The monoisotopic (exact) mass is 493 g/mol. The lowest BCUT2D eigenvalue weighted by molar-refractivity contribution is -0.133. The van der Waals surface area contributed by atoms with Crippen molar-refractivity contribution in [3.05, 3.63) is 59.6 Å². The van der Waals surface area contributed by atoms with Crippen molar-refractivity contribution < 1.29 is 4.79 Å². The molecule has 0 spiro atoms. The van der Waals surface area contributed by atoms with Crippen LogP contribution >= 0.6 is 0 Å². The number of hydrogen-bond donors (Lipinski definition) is 0. The highest BCUT2D eigenvalue weighted by Crippen LogP contribution is 2.46. The minimum atomic E-state index is -0.172. The minimum Gasteiger partial charge on any atom is -0.299 e. The molecular weight excluding hydrogens is 458 g/mol. The van der Waals surface area contributed by atoms with Crippen LogP contribution in [0.25, 0.3) is 16.5 Å². The number of fused-ring (bicyclic) bond motifs is 2. The fourth-order valence-electron chi connectivity index (χ4n) is 6.48. The van der Waals surface area contributed by atoms with E-state index in [0.29, 0.717) is 17.6 Å². The number of hydrogen-bond acceptors (Lipinski definition) is 6. The van der Waals surface area contributed by atoms with E-state index in [2.05, 4.69) is 45.3 Å². The molecule has 2 fully saturated rings. The van der Waals surface area contributed by atoms with E-state index in [4.69, 9.17) is 4.98 Å². The first-order chi connectivity index (χ1) is 18.1. The molecule has 2 saturated carbocycles. The van der Waals surface area contributed by atoms with Crippen LogP contribution in [0.1, 0.15) is 88.0 Å². The smallest absolute Gasteiger partial charge is 0.249 e. The maximum absolute atomic E-state index is 12.9. The van der Waals surface area contributed by atoms with Crippen molar-refractivity contribution in [3.8, 4) is 0 Å². The first kappa shape index (κ1) is 24.1. The number of aliphatic imine (C=N–C) groups is 1. The first-order valence-electron chi connectivity index (χ1n) is 13.9. The molecule has 37 heavy (non-hydrogen) atoms. The molecule has 1 aromatic carbocycles. The van der Waals surface area contributed by atoms with Gasteiger partial charge in [0, 0.05) is 35.2 Å². The lowest BCUT2D eigenvalue weighted by Crippen LogP contribution is -2.42. The van der Waals surface area contributed by atoms with Crippen LogP contribution in [-0.4, -0.2) is 32.2 Å². The van der Waals surface area contributed by atoms with Gasteiger partial charge in [0.1, 0.15) is 5.78 Å². The predicted octanol–water partition coefficient (Wildman–Crippen LogP) is 6.85. The van der Waals surface area contributed by atoms with Crippen LogP contribution in [0, 0.1) is 17.3 Å². The Labute approximate surface area is 218 Å². The summed E-state index contributed by atoms with van der Waals surface area (Å²) in [5, 5.41) is 9.26. The van der Waals surface area contributed by atoms with Crippen LogP contribution < -0.4 is 0 Å². The normalized spacial score (nSPS) is 24.0. The van der Waals surface area contributed by atoms with E-state index < -0.39 is 0 Å². The molecule has 6 rings (SSSR count). The fraction of sp³-hybridized carbons (Fsp3) is 0.484. The zero-order chi connectivity index (χ0) is 25.2. The van der Waals surface area contributed by atoms with Crippen molar-refractivity contribution in [2.24, 2.45) is 22.2 Å². The molecule has 2 aromatic heterocycles. The maximum Gasteiger partial charge on any atom is 0.249 e. The second-order valence-electron chi connectivity index (χ2n) is 11.5. The number of ketones is 1. The lowest BCUT2D eigenvalue weighted by Gasteiger charge is -2.42. The van der Waals surface area contributed by atoms with Crippen LogP contribution in [0.2, 0.25) is 0 Å². The second kappa shape index (κ2) is 10.2. The lowest BCUT2D eigenvalue weighted by atomic mass is 9.60. The molecule has 0 radical (unpaired) electrons. The minimum absolute atomic E-state index is 0.172. The summed E-state index contributed by atoms with van der Waals surface area (Å²) < 4.78 is 0. The Morgan fingerprint density at radius 1 is 1.16 bits per heavy atom. The number of benzene rings is 1. The van der Waals surface area contributed by atoms with Crippen molar-refractivity contribution in [2.75, 3.05) is 0 Å². The Kier molecular flexibility index (Phi) is 6.66. The standard InChI is InChI=1S/C31H35N5O/c1-31(29(37)13-10-21-6-2-3-7-21)17-22(18-31)19-32-30-33-20-26-25(8-4-5-9-28(26)35-30)23-11-12-27-24(16-23)14-15-34-36-27/h8,11-12,14-16,19-22H,2-7,9-10,13,17-18H2,1H3. The molecule has 0 N–H and O–H groups in total. The van der Waals surface area contributed by atoms with Gasteiger partial charge in [0.05, 0.1) is 17.4 Å². The highest BCUT2D eigenvalue weighted by molar-refractivity contribution is 5.88. The number of rotatable bonds is 7. The largest absolute Gasteiger partial charge is 0.299 e. The molecule has 0 bridgehead atoms. The van der Waals surface area contributed by atoms with Crippen molar-refractivity contribution in [2.45, 2.75) is 77.6 Å². The predicted molar refractivity (Wildman–Crippen MR) is 147 cm³/mol. The fourth-order valence-corrected chi connectivity index (χ4v) is 6.48. The zero-order valence-corrected chi connectivity index (χ0v) is 21.7. The summed E-state index contributed by atoms with van der Waals surface area (Å²) in [6.45, 7) is 2.14. The van der Waals surface area contributed by atoms with E-state index in [1.807, 2.05) is 24.5 Å². The van der Waals surface area contributed by atoms with E-state index in [-0.39, 0.29) is 5.41 Å². The summed E-state index contributed by atoms with van der Waals surface area (Å²) >= 11 is 0. The zero-order valence-electron chi connectivity index (χ0n) is 21.7. The van der Waals surface area contributed by atoms with Gasteiger partial charge in [-0.1, -0.05) is 44.7 Å². The molecule has 0 aliphatic heterocycles. The van der Waals surface area contributed by atoms with Crippen LogP contribution in [0.4, 0.5) is 5.95 Å². The molecule has 0 unspecified atom stereocenters. The molecule has 0 saturated heterocycles. The van der Waals surface area contributed by atoms with Crippen molar-refractivity contribution in [1.82, 2.24) is 20.2 Å². The van der Waals surface area contributed by atoms with Gasteiger partial charge in [0.25, 0.3) is 0 Å². The van der Waals surface area contributed by atoms with E-state index in [0.717, 1.165) is 78.6 Å². The molecule has 2 heterocycles. The number of aromatic nitrogens is 4. The van der Waals surface area contributed by atoms with Crippen LogP contribution in [0.3, 0.4) is 0 Å². The second-order valence-corrected chi connectivity index (χ2v) is 11.5. The van der Waals surface area contributed by atoms with Crippen molar-refractivity contribution >= 4 is 34.4 Å². The Hall–Kier alpha value is -3.28. The van der Waals surface area contributed by atoms with Gasteiger partial charge < -0.3 is 0 Å². The summed E-state index contributed by atoms with van der Waals surface area (Å²) in [7, 11) is 0. The Morgan fingerprint density at radius 3 is 2.89 bits per heavy atom. The van der Waals surface area contributed by atoms with Gasteiger partial charge in [0.15, 0.2) is 0 Å². The van der Waals surface area contributed by atoms with Gasteiger partial charge in [-0.05, 0) is 79.7 Å². The van der Waals surface area contributed by atoms with E-state index >= 15 is 0 Å². The number of carbonyl (C=O) groups is 1. The molecule has 3 aliphatic carbocycles. The van der Waals surface area contributed by atoms with Gasteiger partial charge in [-0.3, -0.25) is 4.79 Å². The van der Waals surface area contributed by atoms with Crippen molar-refractivity contribution in [3.63, 3.8) is 0 Å². The summed E-state index contributed by atoms with van der Waals surface area (Å²) in [6, 6.07) is 8.29. The van der Waals surface area contributed by atoms with Gasteiger partial charge in [-0.25, -0.2) is 15.0 Å². The summed E-state index contributed by atoms with van der Waals surface area (Å²) in [4.78, 5) is 27.0. The average molecular weight is 494 g/mol. The highest BCUT2D eigenvalue weighted by Gasteiger charge is 2.44. The van der Waals surface area contributed by atoms with E-state index in [9.17, 15) is 4.79 Å². The quantitative estimate of drug-likeness (QED) is 0.336. The van der Waals surface area contributed by atoms with Gasteiger partial charge in [0.2, 0.25) is 5.95 Å². The van der Waals surface area contributed by atoms with Gasteiger partial charge in [-0.2, -0.15) is 10.2 Å². The molecule has 190 valence electrons. The van der Waals surface area contributed by atoms with E-state index in [1.165, 1.54) is 31.3 Å². The van der Waals surface area contributed by atoms with Gasteiger partial charge >= 0.3 is 0 Å². The third-order valence-corrected chi connectivity index (χ3v) is 8.69. The van der Waals surface area contributed by atoms with Gasteiger partial charge in [-0.15, -0.1) is 0 Å². The van der Waals surface area contributed by atoms with Crippen LogP contribution in [-0.2, 0) is 11.2 Å². The number of nitrogens with zero attached hydrogens (tertiary/aromatic N) is 5. The molecule has 3 aliphatic rings. The van der Waals surface area contributed by atoms with E-state index in [1.54, 1.807) is 6.20 Å². The highest BCUT2D eigenvalue weighted by atomic mass is 16.1. The number of allylic oxidation sites excluding steroid dienone is 1. The SMILES string of the molecule is CC1(C(=O)CCC2CCCC2)CC(C=Nc2ncc3c(n2)CCCC=C3c2ccc3nnccc3c2)C1. The third kappa shape index (κ3) is 5.11. The molecule has 6 heteroatoms.